The summed E-state index contributed by atoms with van der Waals surface area (Å²) in [6.07, 6.45) is 5.95. The van der Waals surface area contributed by atoms with Gasteiger partial charge < -0.3 is 24.7 Å². The lowest BCUT2D eigenvalue weighted by molar-refractivity contribution is 0.0661. The van der Waals surface area contributed by atoms with Crippen molar-refractivity contribution in [2.45, 2.75) is 26.3 Å². The molecule has 1 unspecified atom stereocenters. The summed E-state index contributed by atoms with van der Waals surface area (Å²) in [5.41, 5.74) is 6.13. The molecule has 7 heteroatoms. The Bertz CT molecular complexity index is 774. The average Bonchev–Trinajstić information content (AvgIpc) is 3.10. The van der Waals surface area contributed by atoms with Crippen molar-refractivity contribution in [1.82, 2.24) is 14.5 Å². The first-order chi connectivity index (χ1) is 13.1. The second-order valence-electron chi connectivity index (χ2n) is 6.89. The van der Waals surface area contributed by atoms with Crippen molar-refractivity contribution in [3.05, 3.63) is 42.0 Å². The summed E-state index contributed by atoms with van der Waals surface area (Å²) in [5.74, 6) is 2.63. The highest BCUT2D eigenvalue weighted by Gasteiger charge is 2.25. The molecule has 2 aromatic rings. The number of aromatic nitrogens is 2. The Morgan fingerprint density at radius 3 is 2.93 bits per heavy atom. The molecule has 27 heavy (non-hydrogen) atoms. The molecule has 3 rings (SSSR count). The van der Waals surface area contributed by atoms with Crippen LogP contribution in [0.25, 0.3) is 0 Å². The molecule has 1 aromatic heterocycles. The van der Waals surface area contributed by atoms with E-state index < -0.39 is 0 Å². The minimum atomic E-state index is 0.0299. The van der Waals surface area contributed by atoms with E-state index in [2.05, 4.69) is 9.55 Å². The molecule has 1 aliphatic rings. The molecule has 0 radical (unpaired) electrons. The molecule has 0 spiro atoms. The SMILES string of the molecule is COc1ccc(C(=O)N2CCCC(Cn3ccnc3C)C2)cc1OCCN. The first-order valence-electron chi connectivity index (χ1n) is 9.40. The molecule has 146 valence electrons. The number of hydrogen-bond acceptors (Lipinski definition) is 5. The van der Waals surface area contributed by atoms with Crippen molar-refractivity contribution in [2.75, 3.05) is 33.4 Å². The van der Waals surface area contributed by atoms with E-state index in [1.54, 1.807) is 25.3 Å². The molecular formula is C20H28N4O3. The number of amides is 1. The van der Waals surface area contributed by atoms with Crippen molar-refractivity contribution < 1.29 is 14.3 Å². The van der Waals surface area contributed by atoms with Gasteiger partial charge in [0.05, 0.1) is 7.11 Å². The largest absolute Gasteiger partial charge is 0.493 e. The molecule has 7 nitrogen and oxygen atoms in total. The van der Waals surface area contributed by atoms with Crippen LogP contribution in [0.5, 0.6) is 11.5 Å². The van der Waals surface area contributed by atoms with Gasteiger partial charge in [0.1, 0.15) is 12.4 Å². The molecule has 1 saturated heterocycles. The maximum absolute atomic E-state index is 13.0. The van der Waals surface area contributed by atoms with Crippen LogP contribution in [-0.2, 0) is 6.54 Å². The Balaban J connectivity index is 1.70. The van der Waals surface area contributed by atoms with Crippen molar-refractivity contribution >= 4 is 5.91 Å². The highest BCUT2D eigenvalue weighted by Crippen LogP contribution is 2.29. The van der Waals surface area contributed by atoms with Crippen molar-refractivity contribution in [2.24, 2.45) is 11.7 Å². The van der Waals surface area contributed by atoms with Gasteiger partial charge in [0.25, 0.3) is 5.91 Å². The van der Waals surface area contributed by atoms with E-state index in [9.17, 15) is 4.79 Å². The summed E-state index contributed by atoms with van der Waals surface area (Å²) in [5, 5.41) is 0. The highest BCUT2D eigenvalue weighted by atomic mass is 16.5. The number of hydrogen-bond donors (Lipinski definition) is 1. The summed E-state index contributed by atoms with van der Waals surface area (Å²) in [7, 11) is 1.58. The van der Waals surface area contributed by atoms with E-state index in [-0.39, 0.29) is 5.91 Å². The van der Waals surface area contributed by atoms with Crippen LogP contribution in [0.2, 0.25) is 0 Å². The van der Waals surface area contributed by atoms with Crippen LogP contribution in [-0.4, -0.2) is 53.7 Å². The zero-order valence-electron chi connectivity index (χ0n) is 16.1. The zero-order valence-corrected chi connectivity index (χ0v) is 16.1. The van der Waals surface area contributed by atoms with Gasteiger partial charge in [-0.15, -0.1) is 0 Å². The molecule has 1 atom stereocenters. The molecular weight excluding hydrogens is 344 g/mol. The van der Waals surface area contributed by atoms with Gasteiger partial charge in [-0.1, -0.05) is 0 Å². The number of carbonyl (C=O) groups excluding carboxylic acids is 1. The van der Waals surface area contributed by atoms with E-state index in [4.69, 9.17) is 15.2 Å². The predicted octanol–water partition coefficient (Wildman–Crippen LogP) is 2.09. The van der Waals surface area contributed by atoms with Gasteiger partial charge in [-0.2, -0.15) is 0 Å². The Kier molecular flexibility index (Phi) is 6.34. The second-order valence-corrected chi connectivity index (χ2v) is 6.89. The predicted molar refractivity (Wildman–Crippen MR) is 103 cm³/mol. The van der Waals surface area contributed by atoms with Gasteiger partial charge in [-0.05, 0) is 43.9 Å². The monoisotopic (exact) mass is 372 g/mol. The van der Waals surface area contributed by atoms with Crippen molar-refractivity contribution in [1.29, 1.82) is 0 Å². The third-order valence-electron chi connectivity index (χ3n) is 4.97. The number of aryl methyl sites for hydroxylation is 1. The first kappa shape index (κ1) is 19.2. The van der Waals surface area contributed by atoms with Gasteiger partial charge in [0.15, 0.2) is 11.5 Å². The lowest BCUT2D eigenvalue weighted by atomic mass is 9.97. The van der Waals surface area contributed by atoms with Crippen LogP contribution < -0.4 is 15.2 Å². The number of methoxy groups -OCH3 is 1. The summed E-state index contributed by atoms with van der Waals surface area (Å²) >= 11 is 0. The quantitative estimate of drug-likeness (QED) is 0.805. The topological polar surface area (TPSA) is 82.6 Å². The van der Waals surface area contributed by atoms with E-state index in [1.807, 2.05) is 24.2 Å². The molecule has 2 heterocycles. The second kappa shape index (κ2) is 8.90. The summed E-state index contributed by atoms with van der Waals surface area (Å²) in [6, 6.07) is 5.32. The average molecular weight is 372 g/mol. The number of ether oxygens (including phenoxy) is 2. The Hall–Kier alpha value is -2.54. The van der Waals surface area contributed by atoms with E-state index in [0.717, 1.165) is 38.3 Å². The van der Waals surface area contributed by atoms with Gasteiger partial charge in [0, 0.05) is 44.1 Å². The normalized spacial score (nSPS) is 17.0. The van der Waals surface area contributed by atoms with Gasteiger partial charge in [-0.25, -0.2) is 4.98 Å². The number of likely N-dealkylation sites (tertiary alicyclic amines) is 1. The number of carbonyl (C=O) groups is 1. The fraction of sp³-hybridized carbons (Fsp3) is 0.500. The third-order valence-corrected chi connectivity index (χ3v) is 4.97. The van der Waals surface area contributed by atoms with Crippen LogP contribution in [0, 0.1) is 12.8 Å². The molecule has 2 N–H and O–H groups in total. The smallest absolute Gasteiger partial charge is 0.254 e. The minimum Gasteiger partial charge on any atom is -0.493 e. The Labute approximate surface area is 160 Å². The first-order valence-corrected chi connectivity index (χ1v) is 9.40. The zero-order chi connectivity index (χ0) is 19.2. The number of nitrogens with zero attached hydrogens (tertiary/aromatic N) is 3. The van der Waals surface area contributed by atoms with Crippen molar-refractivity contribution in [3.8, 4) is 11.5 Å². The van der Waals surface area contributed by atoms with Gasteiger partial charge in [0.2, 0.25) is 0 Å². The van der Waals surface area contributed by atoms with Crippen LogP contribution >= 0.6 is 0 Å². The maximum atomic E-state index is 13.0. The minimum absolute atomic E-state index is 0.0299. The Morgan fingerprint density at radius 1 is 1.37 bits per heavy atom. The fourth-order valence-electron chi connectivity index (χ4n) is 3.55. The van der Waals surface area contributed by atoms with Crippen LogP contribution in [0.1, 0.15) is 29.0 Å². The van der Waals surface area contributed by atoms with Gasteiger partial charge in [-0.3, -0.25) is 4.79 Å². The summed E-state index contributed by atoms with van der Waals surface area (Å²) in [4.78, 5) is 19.2. The third kappa shape index (κ3) is 4.60. The Morgan fingerprint density at radius 2 is 2.22 bits per heavy atom. The standard InChI is InChI=1S/C20H28N4O3/c1-15-22-8-10-23(15)13-16-4-3-9-24(14-16)20(25)17-5-6-18(26-2)19(12-17)27-11-7-21/h5-6,8,10,12,16H,3-4,7,9,11,13-14,21H2,1-2H3. The maximum Gasteiger partial charge on any atom is 0.254 e. The molecule has 1 aliphatic heterocycles. The number of benzene rings is 1. The molecule has 1 amide bonds. The fourth-order valence-corrected chi connectivity index (χ4v) is 3.55. The number of piperidine rings is 1. The molecule has 0 bridgehead atoms. The number of imidazole rings is 1. The van der Waals surface area contributed by atoms with E-state index in [1.165, 1.54) is 0 Å². The van der Waals surface area contributed by atoms with Crippen molar-refractivity contribution in [3.63, 3.8) is 0 Å². The lowest BCUT2D eigenvalue weighted by Crippen LogP contribution is -2.41. The molecule has 0 saturated carbocycles. The molecule has 1 fully saturated rings. The number of nitrogens with two attached hydrogens (primary N) is 1. The van der Waals surface area contributed by atoms with Crippen LogP contribution in [0.15, 0.2) is 30.6 Å². The number of rotatable bonds is 7. The highest BCUT2D eigenvalue weighted by molar-refractivity contribution is 5.95. The van der Waals surface area contributed by atoms with E-state index in [0.29, 0.717) is 36.1 Å². The van der Waals surface area contributed by atoms with Crippen LogP contribution in [0.3, 0.4) is 0 Å². The van der Waals surface area contributed by atoms with Crippen LogP contribution in [0.4, 0.5) is 0 Å². The van der Waals surface area contributed by atoms with E-state index >= 15 is 0 Å². The lowest BCUT2D eigenvalue weighted by Gasteiger charge is -2.33. The van der Waals surface area contributed by atoms with Gasteiger partial charge >= 0.3 is 0 Å². The summed E-state index contributed by atoms with van der Waals surface area (Å²) < 4.78 is 13.1. The molecule has 0 aliphatic carbocycles. The summed E-state index contributed by atoms with van der Waals surface area (Å²) in [6.45, 7) is 5.21. The molecule has 1 aromatic carbocycles.